The molecule has 2 aromatic heterocycles. The Balaban J connectivity index is 1.49. The summed E-state index contributed by atoms with van der Waals surface area (Å²) in [4.78, 5) is 17.3. The molecule has 0 unspecified atom stereocenters. The van der Waals surface area contributed by atoms with Gasteiger partial charge < -0.3 is 9.32 Å². The summed E-state index contributed by atoms with van der Waals surface area (Å²) < 4.78 is 28.7. The van der Waals surface area contributed by atoms with E-state index in [1.165, 1.54) is 6.33 Å². The van der Waals surface area contributed by atoms with Crippen molar-refractivity contribution < 1.29 is 12.8 Å². The van der Waals surface area contributed by atoms with Crippen molar-refractivity contribution in [1.29, 1.82) is 0 Å². The Morgan fingerprint density at radius 2 is 2.00 bits per heavy atom. The Bertz CT molecular complexity index is 826. The number of aromatic nitrogens is 3. The predicted octanol–water partition coefficient (Wildman–Crippen LogP) is 0.235. The molecular weight excluding hydrogens is 318 g/mol. The number of hydrogen-bond donors (Lipinski definition) is 0. The second-order valence-corrected chi connectivity index (χ2v) is 8.39. The molecule has 2 aromatic rings. The molecule has 2 aliphatic heterocycles. The predicted molar refractivity (Wildman–Crippen MR) is 85.2 cm³/mol. The maximum absolute atomic E-state index is 11.6. The second kappa shape index (κ2) is 5.41. The van der Waals surface area contributed by atoms with Gasteiger partial charge in [0.1, 0.15) is 6.33 Å². The number of rotatable bonds is 2. The summed E-state index contributed by atoms with van der Waals surface area (Å²) in [6.45, 7) is 5.07. The normalized spacial score (nSPS) is 25.3. The molecule has 0 N–H and O–H groups in total. The third-order valence-corrected chi connectivity index (χ3v) is 6.37. The van der Waals surface area contributed by atoms with Gasteiger partial charge in [-0.2, -0.15) is 4.98 Å². The van der Waals surface area contributed by atoms with Crippen molar-refractivity contribution in [2.75, 3.05) is 42.6 Å². The quantitative estimate of drug-likeness (QED) is 0.769. The molecule has 8 nitrogen and oxygen atoms in total. The summed E-state index contributed by atoms with van der Waals surface area (Å²) in [5.41, 5.74) is 1.21. The third kappa shape index (κ3) is 2.78. The Hall–Kier alpha value is -1.74. The van der Waals surface area contributed by atoms with Gasteiger partial charge in [-0.25, -0.2) is 18.4 Å². The molecule has 0 spiro atoms. The molecule has 0 amide bonds. The number of oxazole rings is 1. The second-order valence-electron chi connectivity index (χ2n) is 6.16. The highest BCUT2D eigenvalue weighted by atomic mass is 32.2. The molecule has 23 heavy (non-hydrogen) atoms. The molecule has 9 heteroatoms. The fourth-order valence-corrected chi connectivity index (χ4v) is 5.20. The number of hydrogen-bond acceptors (Lipinski definition) is 8. The zero-order valence-corrected chi connectivity index (χ0v) is 13.8. The highest BCUT2D eigenvalue weighted by Crippen LogP contribution is 2.25. The molecule has 4 rings (SSSR count). The van der Waals surface area contributed by atoms with Gasteiger partial charge in [-0.05, 0) is 6.42 Å². The first-order chi connectivity index (χ1) is 11.0. The first-order valence-electron chi connectivity index (χ1n) is 7.79. The minimum Gasteiger partial charge on any atom is -0.422 e. The third-order valence-electron chi connectivity index (χ3n) is 4.62. The summed E-state index contributed by atoms with van der Waals surface area (Å²) in [5.74, 6) is 2.00. The van der Waals surface area contributed by atoms with Crippen LogP contribution in [-0.4, -0.2) is 72.0 Å². The number of sulfone groups is 1. The monoisotopic (exact) mass is 337 g/mol. The molecule has 2 saturated heterocycles. The fraction of sp³-hybridized carbons (Fsp3) is 0.643. The summed E-state index contributed by atoms with van der Waals surface area (Å²) in [6, 6.07) is 0.168. The Labute approximate surface area is 134 Å². The van der Waals surface area contributed by atoms with Crippen LogP contribution < -0.4 is 4.90 Å². The lowest BCUT2D eigenvalue weighted by Gasteiger charge is -2.38. The minimum atomic E-state index is -2.83. The summed E-state index contributed by atoms with van der Waals surface area (Å²) in [6.07, 6.45) is 2.25. The Kier molecular flexibility index (Phi) is 3.49. The van der Waals surface area contributed by atoms with Crippen LogP contribution in [-0.2, 0) is 9.84 Å². The van der Waals surface area contributed by atoms with Crippen LogP contribution in [0.3, 0.4) is 0 Å². The standard InChI is InChI=1S/C14H19N5O3S/c1-10-17-12-13(15-9-16-14(12)22-10)19-5-3-18(4-6-19)11-2-7-23(20,21)8-11/h9,11H,2-8H2,1H3/t11-/m1/s1. The van der Waals surface area contributed by atoms with E-state index in [2.05, 4.69) is 24.8 Å². The van der Waals surface area contributed by atoms with Gasteiger partial charge >= 0.3 is 0 Å². The van der Waals surface area contributed by atoms with Gasteiger partial charge in [0.2, 0.25) is 0 Å². The first-order valence-corrected chi connectivity index (χ1v) is 9.61. The topological polar surface area (TPSA) is 92.4 Å². The van der Waals surface area contributed by atoms with Gasteiger partial charge in [-0.3, -0.25) is 4.90 Å². The van der Waals surface area contributed by atoms with Crippen molar-refractivity contribution in [2.45, 2.75) is 19.4 Å². The molecule has 0 saturated carbocycles. The van der Waals surface area contributed by atoms with Crippen LogP contribution in [0.2, 0.25) is 0 Å². The highest BCUT2D eigenvalue weighted by Gasteiger charge is 2.34. The van der Waals surface area contributed by atoms with Crippen LogP contribution in [0, 0.1) is 6.92 Å². The van der Waals surface area contributed by atoms with Crippen LogP contribution in [0.5, 0.6) is 0 Å². The number of nitrogens with zero attached hydrogens (tertiary/aromatic N) is 5. The molecule has 2 aliphatic rings. The van der Waals surface area contributed by atoms with Crippen LogP contribution >= 0.6 is 0 Å². The van der Waals surface area contributed by atoms with Crippen LogP contribution in [0.1, 0.15) is 12.3 Å². The lowest BCUT2D eigenvalue weighted by molar-refractivity contribution is 0.200. The zero-order valence-electron chi connectivity index (χ0n) is 13.0. The number of fused-ring (bicyclic) bond motifs is 1. The lowest BCUT2D eigenvalue weighted by atomic mass is 10.2. The maximum atomic E-state index is 11.6. The van der Waals surface area contributed by atoms with E-state index >= 15 is 0 Å². The van der Waals surface area contributed by atoms with Gasteiger partial charge in [-0.15, -0.1) is 0 Å². The molecule has 0 bridgehead atoms. The molecular formula is C14H19N5O3S. The first kappa shape index (κ1) is 14.8. The summed E-state index contributed by atoms with van der Waals surface area (Å²) in [5, 5.41) is 0. The number of piperazine rings is 1. The molecule has 2 fully saturated rings. The smallest absolute Gasteiger partial charge is 0.252 e. The van der Waals surface area contributed by atoms with E-state index in [-0.39, 0.29) is 6.04 Å². The molecule has 124 valence electrons. The molecule has 0 aliphatic carbocycles. The van der Waals surface area contributed by atoms with Crippen LogP contribution in [0.4, 0.5) is 5.82 Å². The lowest BCUT2D eigenvalue weighted by Crippen LogP contribution is -2.51. The molecule has 4 heterocycles. The largest absolute Gasteiger partial charge is 0.422 e. The van der Waals surface area contributed by atoms with Gasteiger partial charge in [0.25, 0.3) is 5.71 Å². The summed E-state index contributed by atoms with van der Waals surface area (Å²) >= 11 is 0. The van der Waals surface area contributed by atoms with Gasteiger partial charge in [0.15, 0.2) is 27.1 Å². The minimum absolute atomic E-state index is 0.168. The SMILES string of the molecule is Cc1nc2c(N3CCN([C@@H]4CCS(=O)(=O)C4)CC3)ncnc2o1. The average Bonchev–Trinajstić information content (AvgIpc) is 3.08. The molecule has 0 aromatic carbocycles. The van der Waals surface area contributed by atoms with E-state index in [0.29, 0.717) is 28.6 Å². The van der Waals surface area contributed by atoms with Crippen LogP contribution in [0.25, 0.3) is 11.2 Å². The highest BCUT2D eigenvalue weighted by molar-refractivity contribution is 7.91. The van der Waals surface area contributed by atoms with E-state index in [4.69, 9.17) is 4.42 Å². The number of aryl methyl sites for hydroxylation is 1. The van der Waals surface area contributed by atoms with Crippen molar-refractivity contribution in [3.05, 3.63) is 12.2 Å². The van der Waals surface area contributed by atoms with Crippen molar-refractivity contribution in [3.8, 4) is 0 Å². The fourth-order valence-electron chi connectivity index (χ4n) is 3.44. The van der Waals surface area contributed by atoms with Gasteiger partial charge in [0.05, 0.1) is 11.5 Å². The van der Waals surface area contributed by atoms with Crippen molar-refractivity contribution >= 4 is 26.9 Å². The van der Waals surface area contributed by atoms with E-state index in [1.807, 2.05) is 0 Å². The van der Waals surface area contributed by atoms with Crippen LogP contribution in [0.15, 0.2) is 10.7 Å². The Morgan fingerprint density at radius 3 is 2.70 bits per heavy atom. The van der Waals surface area contributed by atoms with E-state index in [9.17, 15) is 8.42 Å². The number of anilines is 1. The van der Waals surface area contributed by atoms with E-state index in [1.54, 1.807) is 6.92 Å². The van der Waals surface area contributed by atoms with Gasteiger partial charge in [0, 0.05) is 39.1 Å². The van der Waals surface area contributed by atoms with Gasteiger partial charge in [-0.1, -0.05) is 0 Å². The zero-order chi connectivity index (χ0) is 16.0. The molecule has 0 radical (unpaired) electrons. The van der Waals surface area contributed by atoms with Crippen molar-refractivity contribution in [1.82, 2.24) is 19.9 Å². The maximum Gasteiger partial charge on any atom is 0.252 e. The summed E-state index contributed by atoms with van der Waals surface area (Å²) in [7, 11) is -2.83. The van der Waals surface area contributed by atoms with Crippen molar-refractivity contribution in [3.63, 3.8) is 0 Å². The molecule has 1 atom stereocenters. The van der Waals surface area contributed by atoms with E-state index in [0.717, 1.165) is 38.4 Å². The Morgan fingerprint density at radius 1 is 1.22 bits per heavy atom. The average molecular weight is 337 g/mol. The van der Waals surface area contributed by atoms with E-state index < -0.39 is 9.84 Å². The van der Waals surface area contributed by atoms with Crippen molar-refractivity contribution in [2.24, 2.45) is 0 Å².